The molecule has 2 heterocycles. The van der Waals surface area contributed by atoms with Crippen molar-refractivity contribution in [1.82, 2.24) is 9.88 Å². The van der Waals surface area contributed by atoms with E-state index in [9.17, 15) is 18.0 Å². The molecule has 27 heavy (non-hydrogen) atoms. The van der Waals surface area contributed by atoms with E-state index in [0.717, 1.165) is 30.3 Å². The van der Waals surface area contributed by atoms with Crippen LogP contribution in [0.25, 0.3) is 11.3 Å². The Hall–Kier alpha value is -1.64. The topological polar surface area (TPSA) is 45.2 Å². The zero-order valence-electron chi connectivity index (χ0n) is 14.9. The highest BCUT2D eigenvalue weighted by Crippen LogP contribution is 2.39. The molecule has 1 N–H and O–H groups in total. The van der Waals surface area contributed by atoms with Gasteiger partial charge in [-0.1, -0.05) is 29.0 Å². The molecule has 0 spiro atoms. The predicted molar refractivity (Wildman–Crippen MR) is 101 cm³/mol. The van der Waals surface area contributed by atoms with Crippen LogP contribution in [0.3, 0.4) is 0 Å². The lowest BCUT2D eigenvalue weighted by molar-refractivity contribution is -0.137. The molecule has 0 bridgehead atoms. The number of alkyl halides is 3. The number of halogens is 4. The third-order valence-corrected chi connectivity index (χ3v) is 5.85. The van der Waals surface area contributed by atoms with E-state index in [4.69, 9.17) is 11.6 Å². The average Bonchev–Trinajstić information content (AvgIpc) is 3.13. The van der Waals surface area contributed by atoms with E-state index < -0.39 is 11.7 Å². The van der Waals surface area contributed by atoms with Crippen LogP contribution in [0.1, 0.15) is 37.1 Å². The fourth-order valence-corrected chi connectivity index (χ4v) is 4.47. The van der Waals surface area contributed by atoms with Gasteiger partial charge in [0.15, 0.2) is 5.13 Å². The summed E-state index contributed by atoms with van der Waals surface area (Å²) in [5, 5.41) is 2.66. The zero-order chi connectivity index (χ0) is 19.8. The molecule has 146 valence electrons. The van der Waals surface area contributed by atoms with Gasteiger partial charge in [-0.05, 0) is 38.4 Å². The van der Waals surface area contributed by atoms with Gasteiger partial charge in [-0.2, -0.15) is 13.2 Å². The van der Waals surface area contributed by atoms with Crippen molar-refractivity contribution >= 4 is 34.0 Å². The number of amides is 1. The van der Waals surface area contributed by atoms with Crippen molar-refractivity contribution < 1.29 is 18.0 Å². The maximum atomic E-state index is 13.2. The summed E-state index contributed by atoms with van der Waals surface area (Å²) in [5.74, 6) is -0.275. The lowest BCUT2D eigenvalue weighted by Gasteiger charge is -2.20. The van der Waals surface area contributed by atoms with E-state index in [0.29, 0.717) is 29.0 Å². The minimum Gasteiger partial charge on any atom is -0.302 e. The Balaban J connectivity index is 2.02. The number of nitrogens with zero attached hydrogens (tertiary/aromatic N) is 2. The van der Waals surface area contributed by atoms with Crippen molar-refractivity contribution in [3.05, 3.63) is 33.7 Å². The zero-order valence-corrected chi connectivity index (χ0v) is 16.4. The fraction of sp³-hybridized carbons (Fsp3) is 0.444. The number of benzene rings is 1. The number of hydrogen-bond donors (Lipinski definition) is 1. The molecule has 3 rings (SSSR count). The van der Waals surface area contributed by atoms with Crippen LogP contribution in [0.4, 0.5) is 18.3 Å². The maximum Gasteiger partial charge on any atom is 0.417 e. The van der Waals surface area contributed by atoms with Crippen molar-refractivity contribution in [1.29, 1.82) is 0 Å². The van der Waals surface area contributed by atoms with E-state index >= 15 is 0 Å². The first-order valence-corrected chi connectivity index (χ1v) is 9.73. The Morgan fingerprint density at radius 3 is 2.78 bits per heavy atom. The number of thiazole rings is 1. The molecule has 2 aromatic rings. The monoisotopic (exact) mass is 417 g/mol. The van der Waals surface area contributed by atoms with E-state index in [1.165, 1.54) is 30.4 Å². The normalized spacial score (nSPS) is 18.1. The summed E-state index contributed by atoms with van der Waals surface area (Å²) in [4.78, 5) is 18.9. The van der Waals surface area contributed by atoms with E-state index in [1.54, 1.807) is 0 Å². The van der Waals surface area contributed by atoms with Crippen molar-refractivity contribution in [2.75, 3.05) is 11.9 Å². The standard InChI is InChI=1S/C18H19ClF3N3OS/c1-10-4-3-7-25(10)9-15-16(24-17(27-15)23-11(2)26)12-5-6-14(19)13(8-12)18(20,21)22/h5-6,8,10H,3-4,7,9H2,1-2H3,(H,23,24,26). The summed E-state index contributed by atoms with van der Waals surface area (Å²) in [5.41, 5.74) is -0.109. The molecule has 1 aromatic carbocycles. The summed E-state index contributed by atoms with van der Waals surface area (Å²) >= 11 is 7.03. The van der Waals surface area contributed by atoms with Crippen LogP contribution in [-0.2, 0) is 17.5 Å². The Morgan fingerprint density at radius 1 is 1.44 bits per heavy atom. The van der Waals surface area contributed by atoms with Gasteiger partial charge in [0, 0.05) is 30.0 Å². The Bertz CT molecular complexity index is 853. The molecule has 1 unspecified atom stereocenters. The van der Waals surface area contributed by atoms with E-state index in [1.807, 2.05) is 0 Å². The lowest BCUT2D eigenvalue weighted by atomic mass is 10.1. The van der Waals surface area contributed by atoms with Crippen LogP contribution >= 0.6 is 22.9 Å². The molecule has 9 heteroatoms. The Kier molecular flexibility index (Phi) is 5.79. The second-order valence-electron chi connectivity index (χ2n) is 6.63. The molecular formula is C18H19ClF3N3OS. The van der Waals surface area contributed by atoms with Crippen LogP contribution in [-0.4, -0.2) is 28.4 Å². The van der Waals surface area contributed by atoms with Crippen LogP contribution < -0.4 is 5.32 Å². The summed E-state index contributed by atoms with van der Waals surface area (Å²) in [6, 6.07) is 4.19. The summed E-state index contributed by atoms with van der Waals surface area (Å²) in [6.07, 6.45) is -2.37. The average molecular weight is 418 g/mol. The fourth-order valence-electron chi connectivity index (χ4n) is 3.19. The number of carbonyl (C=O) groups is 1. The highest BCUT2D eigenvalue weighted by atomic mass is 35.5. The quantitative estimate of drug-likeness (QED) is 0.721. The SMILES string of the molecule is CC(=O)Nc1nc(-c2ccc(Cl)c(C(F)(F)F)c2)c(CN2CCCC2C)s1. The third-order valence-electron chi connectivity index (χ3n) is 4.56. The first-order valence-electron chi connectivity index (χ1n) is 8.53. The molecule has 1 amide bonds. The molecule has 0 aliphatic carbocycles. The Labute approximate surface area is 164 Å². The highest BCUT2D eigenvalue weighted by molar-refractivity contribution is 7.16. The highest BCUT2D eigenvalue weighted by Gasteiger charge is 2.34. The number of carbonyl (C=O) groups excluding carboxylic acids is 1. The van der Waals surface area contributed by atoms with Gasteiger partial charge in [-0.3, -0.25) is 9.69 Å². The number of aromatic nitrogens is 1. The largest absolute Gasteiger partial charge is 0.417 e. The van der Waals surface area contributed by atoms with Gasteiger partial charge in [0.25, 0.3) is 0 Å². The number of rotatable bonds is 4. The number of anilines is 1. The second-order valence-corrected chi connectivity index (χ2v) is 8.12. The maximum absolute atomic E-state index is 13.2. The summed E-state index contributed by atoms with van der Waals surface area (Å²) in [6.45, 7) is 5.01. The number of nitrogens with one attached hydrogen (secondary N) is 1. The van der Waals surface area contributed by atoms with Gasteiger partial charge in [0.05, 0.1) is 16.3 Å². The van der Waals surface area contributed by atoms with Gasteiger partial charge in [0.1, 0.15) is 0 Å². The lowest BCUT2D eigenvalue weighted by Crippen LogP contribution is -2.25. The van der Waals surface area contributed by atoms with E-state index in [-0.39, 0.29) is 10.9 Å². The van der Waals surface area contributed by atoms with Crippen LogP contribution in [0, 0.1) is 0 Å². The molecular weight excluding hydrogens is 399 g/mol. The van der Waals surface area contributed by atoms with E-state index in [2.05, 4.69) is 22.1 Å². The molecule has 1 fully saturated rings. The predicted octanol–water partition coefficient (Wildman–Crippen LogP) is 5.43. The molecule has 1 aliphatic heterocycles. The van der Waals surface area contributed by atoms with Crippen LogP contribution in [0.2, 0.25) is 5.02 Å². The molecule has 1 atom stereocenters. The molecule has 1 aliphatic rings. The number of hydrogen-bond acceptors (Lipinski definition) is 4. The second kappa shape index (κ2) is 7.77. The summed E-state index contributed by atoms with van der Waals surface area (Å²) < 4.78 is 39.7. The number of likely N-dealkylation sites (tertiary alicyclic amines) is 1. The molecule has 0 radical (unpaired) electrons. The summed E-state index contributed by atoms with van der Waals surface area (Å²) in [7, 11) is 0. The molecule has 0 saturated carbocycles. The van der Waals surface area contributed by atoms with Gasteiger partial charge < -0.3 is 5.32 Å². The van der Waals surface area contributed by atoms with Crippen LogP contribution in [0.15, 0.2) is 18.2 Å². The van der Waals surface area contributed by atoms with Gasteiger partial charge in [-0.15, -0.1) is 0 Å². The smallest absolute Gasteiger partial charge is 0.302 e. The first-order chi connectivity index (χ1) is 12.6. The third kappa shape index (κ3) is 4.62. The molecule has 1 aromatic heterocycles. The van der Waals surface area contributed by atoms with Gasteiger partial charge in [0.2, 0.25) is 5.91 Å². The van der Waals surface area contributed by atoms with Crippen LogP contribution in [0.5, 0.6) is 0 Å². The van der Waals surface area contributed by atoms with Crippen molar-refractivity contribution in [3.63, 3.8) is 0 Å². The van der Waals surface area contributed by atoms with Crippen molar-refractivity contribution in [2.45, 2.75) is 45.5 Å². The first kappa shape index (κ1) is 20.1. The Morgan fingerprint density at radius 2 is 2.19 bits per heavy atom. The minimum absolute atomic E-state index is 0.275. The van der Waals surface area contributed by atoms with Gasteiger partial charge in [-0.25, -0.2) is 4.98 Å². The van der Waals surface area contributed by atoms with Crippen molar-refractivity contribution in [3.8, 4) is 11.3 Å². The minimum atomic E-state index is -4.55. The van der Waals surface area contributed by atoms with Gasteiger partial charge >= 0.3 is 6.18 Å². The molecule has 4 nitrogen and oxygen atoms in total. The molecule has 1 saturated heterocycles. The van der Waals surface area contributed by atoms with Crippen molar-refractivity contribution in [2.24, 2.45) is 0 Å².